The van der Waals surface area contributed by atoms with Crippen molar-refractivity contribution in [1.29, 1.82) is 5.26 Å². The Hall–Kier alpha value is -2.93. The van der Waals surface area contributed by atoms with E-state index in [1.54, 1.807) is 31.2 Å². The lowest BCUT2D eigenvalue weighted by Gasteiger charge is -2.13. The van der Waals surface area contributed by atoms with Crippen LogP contribution in [0.2, 0.25) is 0 Å². The summed E-state index contributed by atoms with van der Waals surface area (Å²) in [7, 11) is 0. The number of carbonyl (C=O) groups is 2. The summed E-state index contributed by atoms with van der Waals surface area (Å²) in [5.74, 6) is -0.816. The Kier molecular flexibility index (Phi) is 4.43. The fraction of sp³-hybridized carbons (Fsp3) is 0.250. The number of carbonyl (C=O) groups excluding carboxylic acids is 2. The molecule has 120 valence electrons. The summed E-state index contributed by atoms with van der Waals surface area (Å²) in [6, 6.07) is 13.9. The van der Waals surface area contributed by atoms with E-state index >= 15 is 0 Å². The molecular formula is C20H17NO3. The van der Waals surface area contributed by atoms with Gasteiger partial charge in [-0.2, -0.15) is 5.26 Å². The number of fused-ring (bicyclic) bond motifs is 1. The van der Waals surface area contributed by atoms with Crippen LogP contribution in [0.25, 0.3) is 0 Å². The van der Waals surface area contributed by atoms with Crippen molar-refractivity contribution in [3.05, 3.63) is 70.3 Å². The van der Waals surface area contributed by atoms with E-state index in [4.69, 9.17) is 10.00 Å². The Bertz CT molecular complexity index is 848. The summed E-state index contributed by atoms with van der Waals surface area (Å²) < 4.78 is 5.27. The summed E-state index contributed by atoms with van der Waals surface area (Å²) >= 11 is 0. The first-order valence-corrected chi connectivity index (χ1v) is 7.95. The number of rotatable bonds is 4. The minimum absolute atomic E-state index is 0.213. The number of esters is 1. The van der Waals surface area contributed by atoms with Crippen molar-refractivity contribution in [2.45, 2.75) is 32.3 Å². The van der Waals surface area contributed by atoms with Gasteiger partial charge >= 0.3 is 5.97 Å². The molecule has 0 radical (unpaired) electrons. The van der Waals surface area contributed by atoms with E-state index in [-0.39, 0.29) is 11.3 Å². The van der Waals surface area contributed by atoms with E-state index < -0.39 is 12.1 Å². The Labute approximate surface area is 140 Å². The minimum atomic E-state index is -0.873. The van der Waals surface area contributed by atoms with Gasteiger partial charge in [0.05, 0.1) is 17.2 Å². The molecule has 4 nitrogen and oxygen atoms in total. The highest BCUT2D eigenvalue weighted by Gasteiger charge is 2.22. The zero-order chi connectivity index (χ0) is 17.1. The molecule has 1 aliphatic rings. The van der Waals surface area contributed by atoms with Crippen LogP contribution in [0.1, 0.15) is 50.8 Å². The maximum Gasteiger partial charge on any atom is 0.338 e. The molecule has 0 amide bonds. The van der Waals surface area contributed by atoms with Crippen LogP contribution in [0.5, 0.6) is 0 Å². The number of hydrogen-bond donors (Lipinski definition) is 0. The first-order chi connectivity index (χ1) is 11.6. The van der Waals surface area contributed by atoms with E-state index in [0.29, 0.717) is 11.1 Å². The zero-order valence-electron chi connectivity index (χ0n) is 13.4. The monoisotopic (exact) mass is 319 g/mol. The van der Waals surface area contributed by atoms with Gasteiger partial charge in [0.1, 0.15) is 0 Å². The van der Waals surface area contributed by atoms with E-state index in [0.717, 1.165) is 19.3 Å². The third-order valence-corrected chi connectivity index (χ3v) is 4.26. The second-order valence-electron chi connectivity index (χ2n) is 5.94. The van der Waals surface area contributed by atoms with Crippen molar-refractivity contribution >= 4 is 11.8 Å². The third-order valence-electron chi connectivity index (χ3n) is 4.26. The van der Waals surface area contributed by atoms with Crippen LogP contribution in [-0.4, -0.2) is 17.9 Å². The van der Waals surface area contributed by atoms with Gasteiger partial charge in [-0.25, -0.2) is 4.79 Å². The number of nitriles is 1. The topological polar surface area (TPSA) is 67.2 Å². The Morgan fingerprint density at radius 3 is 2.67 bits per heavy atom. The van der Waals surface area contributed by atoms with Crippen LogP contribution in [0.15, 0.2) is 42.5 Å². The summed E-state index contributed by atoms with van der Waals surface area (Å²) in [5.41, 5.74) is 3.72. The van der Waals surface area contributed by atoms with E-state index in [9.17, 15) is 9.59 Å². The largest absolute Gasteiger partial charge is 0.451 e. The summed E-state index contributed by atoms with van der Waals surface area (Å²) in [5, 5.41) is 8.88. The van der Waals surface area contributed by atoms with Crippen molar-refractivity contribution in [3.8, 4) is 6.07 Å². The lowest BCUT2D eigenvalue weighted by molar-refractivity contribution is 0.0319. The predicted molar refractivity (Wildman–Crippen MR) is 88.8 cm³/mol. The second-order valence-corrected chi connectivity index (χ2v) is 5.94. The number of Topliss-reactive ketones (excluding diaryl/α,β-unsaturated/α-hetero) is 1. The maximum absolute atomic E-state index is 12.5. The normalized spacial score (nSPS) is 13.7. The van der Waals surface area contributed by atoms with Crippen LogP contribution in [0, 0.1) is 11.3 Å². The van der Waals surface area contributed by atoms with Crippen molar-refractivity contribution in [3.63, 3.8) is 0 Å². The minimum Gasteiger partial charge on any atom is -0.451 e. The van der Waals surface area contributed by atoms with E-state index in [1.165, 1.54) is 17.2 Å². The number of ether oxygens (including phenoxy) is 1. The predicted octanol–water partition coefficient (Wildman–Crippen LogP) is 3.48. The quantitative estimate of drug-likeness (QED) is 0.639. The van der Waals surface area contributed by atoms with Gasteiger partial charge in [0.2, 0.25) is 5.78 Å². The molecule has 1 aliphatic carbocycles. The number of aryl methyl sites for hydroxylation is 2. The Balaban J connectivity index is 1.72. The molecule has 0 bridgehead atoms. The summed E-state index contributed by atoms with van der Waals surface area (Å²) in [6.45, 7) is 1.57. The fourth-order valence-corrected chi connectivity index (χ4v) is 2.96. The number of ketones is 1. The lowest BCUT2D eigenvalue weighted by atomic mass is 10.0. The highest BCUT2D eigenvalue weighted by molar-refractivity contribution is 6.01. The standard InChI is InChI=1S/C20H17NO3/c1-13(24-20(23)18-7-2-4-14(10-18)12-21)19(22)17-9-8-15-5-3-6-16(15)11-17/h2,4,7-11,13H,3,5-6H2,1H3/t13-/m0/s1. The third kappa shape index (κ3) is 3.21. The molecule has 0 aliphatic heterocycles. The first-order valence-electron chi connectivity index (χ1n) is 7.95. The number of hydrogen-bond acceptors (Lipinski definition) is 4. The molecule has 2 aromatic rings. The van der Waals surface area contributed by atoms with Gasteiger partial charge < -0.3 is 4.74 Å². The first kappa shape index (κ1) is 15.9. The maximum atomic E-state index is 12.5. The average molecular weight is 319 g/mol. The van der Waals surface area contributed by atoms with Gasteiger partial charge in [-0.1, -0.05) is 18.2 Å². The average Bonchev–Trinajstić information content (AvgIpc) is 3.08. The molecule has 0 aromatic heterocycles. The van der Waals surface area contributed by atoms with Crippen LogP contribution in [-0.2, 0) is 17.6 Å². The van der Waals surface area contributed by atoms with Crippen LogP contribution in [0.3, 0.4) is 0 Å². The summed E-state index contributed by atoms with van der Waals surface area (Å²) in [6.07, 6.45) is 2.30. The highest BCUT2D eigenvalue weighted by atomic mass is 16.5. The van der Waals surface area contributed by atoms with Gasteiger partial charge in [0.15, 0.2) is 6.10 Å². The lowest BCUT2D eigenvalue weighted by Crippen LogP contribution is -2.24. The molecule has 0 heterocycles. The molecule has 0 saturated heterocycles. The molecule has 24 heavy (non-hydrogen) atoms. The van der Waals surface area contributed by atoms with E-state index in [1.807, 2.05) is 18.2 Å². The van der Waals surface area contributed by atoms with Gasteiger partial charge in [0.25, 0.3) is 0 Å². The molecule has 1 atom stereocenters. The molecule has 4 heteroatoms. The van der Waals surface area contributed by atoms with Gasteiger partial charge in [-0.3, -0.25) is 4.79 Å². The highest BCUT2D eigenvalue weighted by Crippen LogP contribution is 2.23. The molecule has 2 aromatic carbocycles. The Morgan fingerprint density at radius 1 is 1.08 bits per heavy atom. The molecule has 0 N–H and O–H groups in total. The van der Waals surface area contributed by atoms with Crippen molar-refractivity contribution in [2.75, 3.05) is 0 Å². The fourth-order valence-electron chi connectivity index (χ4n) is 2.96. The molecular weight excluding hydrogens is 302 g/mol. The second kappa shape index (κ2) is 6.67. The van der Waals surface area contributed by atoms with Gasteiger partial charge in [0, 0.05) is 5.56 Å². The molecule has 0 fully saturated rings. The van der Waals surface area contributed by atoms with Crippen molar-refractivity contribution in [2.24, 2.45) is 0 Å². The Morgan fingerprint density at radius 2 is 1.88 bits per heavy atom. The smallest absolute Gasteiger partial charge is 0.338 e. The van der Waals surface area contributed by atoms with E-state index in [2.05, 4.69) is 0 Å². The molecule has 3 rings (SSSR count). The SMILES string of the molecule is C[C@H](OC(=O)c1cccc(C#N)c1)C(=O)c1ccc2c(c1)CCC2. The molecule has 0 spiro atoms. The van der Waals surface area contributed by atoms with Gasteiger partial charge in [-0.15, -0.1) is 0 Å². The van der Waals surface area contributed by atoms with Crippen molar-refractivity contribution < 1.29 is 14.3 Å². The van der Waals surface area contributed by atoms with Gasteiger partial charge in [-0.05, 0) is 61.6 Å². The van der Waals surface area contributed by atoms with Crippen LogP contribution >= 0.6 is 0 Å². The molecule has 0 saturated carbocycles. The summed E-state index contributed by atoms with van der Waals surface area (Å²) in [4.78, 5) is 24.7. The van der Waals surface area contributed by atoms with Crippen LogP contribution < -0.4 is 0 Å². The van der Waals surface area contributed by atoms with Crippen molar-refractivity contribution in [1.82, 2.24) is 0 Å². The number of nitrogens with zero attached hydrogens (tertiary/aromatic N) is 1. The number of benzene rings is 2. The molecule has 0 unspecified atom stereocenters. The van der Waals surface area contributed by atoms with Crippen LogP contribution in [0.4, 0.5) is 0 Å². The zero-order valence-corrected chi connectivity index (χ0v) is 13.4.